The van der Waals surface area contributed by atoms with E-state index in [9.17, 15) is 10.1 Å². The third-order valence-corrected chi connectivity index (χ3v) is 5.82. The van der Waals surface area contributed by atoms with Crippen LogP contribution in [0.2, 0.25) is 0 Å². The van der Waals surface area contributed by atoms with Gasteiger partial charge in [-0.1, -0.05) is 69.1 Å². The molecule has 0 unspecified atom stereocenters. The average molecular weight is 540 g/mol. The van der Waals surface area contributed by atoms with Crippen molar-refractivity contribution >= 4 is 49.5 Å². The predicted octanol–water partition coefficient (Wildman–Crippen LogP) is 6.90. The van der Waals surface area contributed by atoms with E-state index in [1.165, 1.54) is 5.56 Å². The third-order valence-electron chi connectivity index (χ3n) is 4.59. The number of hydrogen-bond acceptors (Lipinski definition) is 3. The summed E-state index contributed by atoms with van der Waals surface area (Å²) in [7, 11) is 0. The van der Waals surface area contributed by atoms with Crippen LogP contribution in [0.25, 0.3) is 6.08 Å². The molecule has 0 saturated carbocycles. The smallest absolute Gasteiger partial charge is 0.266 e. The maximum Gasteiger partial charge on any atom is 0.266 e. The van der Waals surface area contributed by atoms with Crippen molar-refractivity contribution in [3.05, 3.63) is 97.9 Å². The van der Waals surface area contributed by atoms with Crippen LogP contribution >= 0.6 is 31.9 Å². The van der Waals surface area contributed by atoms with Gasteiger partial charge in [0.05, 0.1) is 0 Å². The van der Waals surface area contributed by atoms with Gasteiger partial charge >= 0.3 is 0 Å². The Morgan fingerprint density at radius 3 is 2.39 bits per heavy atom. The number of carbonyl (C=O) groups excluding carboxylic acids is 1. The highest BCUT2D eigenvalue weighted by Gasteiger charge is 2.10. The highest BCUT2D eigenvalue weighted by Crippen LogP contribution is 2.24. The highest BCUT2D eigenvalue weighted by molar-refractivity contribution is 9.11. The van der Waals surface area contributed by atoms with Gasteiger partial charge in [-0.05, 0) is 60.0 Å². The van der Waals surface area contributed by atoms with Gasteiger partial charge in [-0.25, -0.2) is 0 Å². The number of aryl methyl sites for hydroxylation is 1. The summed E-state index contributed by atoms with van der Waals surface area (Å²) in [4.78, 5) is 12.5. The van der Waals surface area contributed by atoms with E-state index in [0.717, 1.165) is 26.5 Å². The van der Waals surface area contributed by atoms with Gasteiger partial charge in [0, 0.05) is 20.2 Å². The van der Waals surface area contributed by atoms with Crippen molar-refractivity contribution < 1.29 is 9.53 Å². The number of rotatable bonds is 7. The Morgan fingerprint density at radius 2 is 1.77 bits per heavy atom. The Hall–Kier alpha value is -2.88. The molecule has 6 heteroatoms. The fourth-order valence-electron chi connectivity index (χ4n) is 2.80. The average Bonchev–Trinajstić information content (AvgIpc) is 2.78. The van der Waals surface area contributed by atoms with Crippen molar-refractivity contribution in [2.24, 2.45) is 0 Å². The van der Waals surface area contributed by atoms with Crippen LogP contribution in [0.5, 0.6) is 5.75 Å². The van der Waals surface area contributed by atoms with Crippen molar-refractivity contribution in [3.63, 3.8) is 0 Å². The largest absolute Gasteiger partial charge is 0.489 e. The lowest BCUT2D eigenvalue weighted by molar-refractivity contribution is -0.112. The molecule has 3 aromatic rings. The minimum Gasteiger partial charge on any atom is -0.489 e. The molecule has 3 aromatic carbocycles. The number of nitrogens with one attached hydrogen (secondary N) is 1. The lowest BCUT2D eigenvalue weighted by Crippen LogP contribution is -2.13. The van der Waals surface area contributed by atoms with Crippen molar-refractivity contribution in [1.82, 2.24) is 0 Å². The van der Waals surface area contributed by atoms with E-state index in [1.807, 2.05) is 72.8 Å². The van der Waals surface area contributed by atoms with E-state index in [2.05, 4.69) is 44.1 Å². The van der Waals surface area contributed by atoms with Gasteiger partial charge < -0.3 is 10.1 Å². The monoisotopic (exact) mass is 538 g/mol. The molecule has 3 rings (SSSR count). The number of carbonyl (C=O) groups is 1. The molecule has 0 fully saturated rings. The zero-order valence-corrected chi connectivity index (χ0v) is 20.0. The quantitative estimate of drug-likeness (QED) is 0.262. The lowest BCUT2D eigenvalue weighted by Gasteiger charge is -2.09. The Kier molecular flexibility index (Phi) is 8.05. The molecule has 0 heterocycles. The first-order valence-electron chi connectivity index (χ1n) is 9.67. The minimum atomic E-state index is -0.438. The maximum atomic E-state index is 12.5. The van der Waals surface area contributed by atoms with Crippen LogP contribution in [0, 0.1) is 11.3 Å². The molecule has 1 amide bonds. The number of amides is 1. The third kappa shape index (κ3) is 6.55. The second-order valence-electron chi connectivity index (χ2n) is 6.77. The first-order chi connectivity index (χ1) is 15.0. The summed E-state index contributed by atoms with van der Waals surface area (Å²) < 4.78 is 7.80. The summed E-state index contributed by atoms with van der Waals surface area (Å²) in [5.74, 6) is 0.262. The summed E-state index contributed by atoms with van der Waals surface area (Å²) in [6.07, 6.45) is 2.49. The summed E-state index contributed by atoms with van der Waals surface area (Å²) in [5.41, 5.74) is 3.65. The summed E-state index contributed by atoms with van der Waals surface area (Å²) >= 11 is 6.96. The Balaban J connectivity index is 1.64. The van der Waals surface area contributed by atoms with Gasteiger partial charge in [-0.3, -0.25) is 4.79 Å². The van der Waals surface area contributed by atoms with Gasteiger partial charge in [0.15, 0.2) is 0 Å². The first-order valence-corrected chi connectivity index (χ1v) is 11.3. The van der Waals surface area contributed by atoms with E-state index in [4.69, 9.17) is 4.74 Å². The number of hydrogen-bond donors (Lipinski definition) is 1. The van der Waals surface area contributed by atoms with Gasteiger partial charge in [0.25, 0.3) is 5.91 Å². The number of anilines is 1. The van der Waals surface area contributed by atoms with Gasteiger partial charge in [-0.2, -0.15) is 5.26 Å². The molecule has 0 atom stereocenters. The molecule has 0 spiro atoms. The fourth-order valence-corrected chi connectivity index (χ4v) is 3.96. The summed E-state index contributed by atoms with van der Waals surface area (Å²) in [5, 5.41) is 12.2. The van der Waals surface area contributed by atoms with Gasteiger partial charge in [-0.15, -0.1) is 0 Å². The molecule has 0 radical (unpaired) electrons. The topological polar surface area (TPSA) is 62.1 Å². The molecule has 0 saturated heterocycles. The molecule has 0 aliphatic carbocycles. The van der Waals surface area contributed by atoms with Gasteiger partial charge in [0.1, 0.15) is 24.0 Å². The van der Waals surface area contributed by atoms with Crippen LogP contribution in [0.4, 0.5) is 5.69 Å². The number of nitriles is 1. The Labute approximate surface area is 198 Å². The molecule has 31 heavy (non-hydrogen) atoms. The second kappa shape index (κ2) is 10.9. The van der Waals surface area contributed by atoms with Crippen molar-refractivity contribution in [2.45, 2.75) is 20.0 Å². The van der Waals surface area contributed by atoms with E-state index in [-0.39, 0.29) is 5.57 Å². The van der Waals surface area contributed by atoms with Crippen LogP contribution in [0.1, 0.15) is 23.6 Å². The van der Waals surface area contributed by atoms with E-state index < -0.39 is 5.91 Å². The normalized spacial score (nSPS) is 11.0. The summed E-state index contributed by atoms with van der Waals surface area (Å²) in [6, 6.07) is 22.7. The van der Waals surface area contributed by atoms with Crippen LogP contribution in [-0.2, 0) is 17.8 Å². The molecule has 1 N–H and O–H groups in total. The fraction of sp³-hybridized carbons (Fsp3) is 0.120. The molecule has 4 nitrogen and oxygen atoms in total. The highest BCUT2D eigenvalue weighted by atomic mass is 79.9. The Bertz CT molecular complexity index is 1130. The molecular formula is C25H20Br2N2O2. The second-order valence-corrected chi connectivity index (χ2v) is 8.54. The van der Waals surface area contributed by atoms with Crippen molar-refractivity contribution in [3.8, 4) is 11.8 Å². The Morgan fingerprint density at radius 1 is 1.06 bits per heavy atom. The van der Waals surface area contributed by atoms with E-state index >= 15 is 0 Å². The molecule has 0 aliphatic rings. The number of halogens is 2. The zero-order chi connectivity index (χ0) is 22.2. The lowest BCUT2D eigenvalue weighted by atomic mass is 10.1. The number of benzene rings is 3. The van der Waals surface area contributed by atoms with E-state index in [0.29, 0.717) is 18.0 Å². The van der Waals surface area contributed by atoms with Crippen LogP contribution < -0.4 is 10.1 Å². The SMILES string of the molecule is CCc1ccc(NC(=O)/C(C#N)=C\c2ccc(OCc3ccc(Br)cc3Br)cc2)cc1. The molecule has 0 aliphatic heterocycles. The minimum absolute atomic E-state index is 0.0343. The first kappa shape index (κ1) is 22.8. The molecular weight excluding hydrogens is 520 g/mol. The van der Waals surface area contributed by atoms with Crippen LogP contribution in [-0.4, -0.2) is 5.91 Å². The van der Waals surface area contributed by atoms with Crippen LogP contribution in [0.3, 0.4) is 0 Å². The maximum absolute atomic E-state index is 12.5. The molecule has 0 aromatic heterocycles. The number of nitrogens with zero attached hydrogens (tertiary/aromatic N) is 1. The predicted molar refractivity (Wildman–Crippen MR) is 131 cm³/mol. The number of ether oxygens (including phenoxy) is 1. The van der Waals surface area contributed by atoms with Gasteiger partial charge in [0.2, 0.25) is 0 Å². The van der Waals surface area contributed by atoms with Crippen molar-refractivity contribution in [1.29, 1.82) is 5.26 Å². The molecule has 156 valence electrons. The zero-order valence-electron chi connectivity index (χ0n) is 16.9. The van der Waals surface area contributed by atoms with E-state index in [1.54, 1.807) is 6.08 Å². The van der Waals surface area contributed by atoms with Crippen molar-refractivity contribution in [2.75, 3.05) is 5.32 Å². The summed E-state index contributed by atoms with van der Waals surface area (Å²) in [6.45, 7) is 2.49. The standard InChI is InChI=1S/C25H20Br2N2O2/c1-2-17-3-9-22(10-4-17)29-25(30)20(15-28)13-18-5-11-23(12-6-18)31-16-19-7-8-21(26)14-24(19)27/h3-14H,2,16H2,1H3,(H,29,30)/b20-13-. The molecule has 0 bridgehead atoms. The van der Waals surface area contributed by atoms with Crippen LogP contribution in [0.15, 0.2) is 81.2 Å².